The minimum atomic E-state index is -4.39. The van der Waals surface area contributed by atoms with E-state index in [1.807, 2.05) is 0 Å². The van der Waals surface area contributed by atoms with Crippen LogP contribution in [0.5, 0.6) is 0 Å². The van der Waals surface area contributed by atoms with E-state index in [0.717, 1.165) is 44.9 Å². The monoisotopic (exact) mass is 619 g/mol. The molecule has 0 heterocycles. The first-order valence-electron chi connectivity index (χ1n) is 17.8. The zero-order chi connectivity index (χ0) is 31.3. The van der Waals surface area contributed by atoms with Crippen LogP contribution in [0.15, 0.2) is 0 Å². The van der Waals surface area contributed by atoms with Crippen LogP contribution in [-0.4, -0.2) is 53.1 Å². The fraction of sp³-hybridized carbons (Fsp3) is 0.971. The highest BCUT2D eigenvalue weighted by Gasteiger charge is 2.28. The number of hydrogen-bond donors (Lipinski definition) is 4. The van der Waals surface area contributed by atoms with E-state index < -0.39 is 40.0 Å². The Morgan fingerprint density at radius 3 is 1.19 bits per heavy atom. The summed E-state index contributed by atoms with van der Waals surface area (Å²) in [5, 5.41) is 23.3. The summed E-state index contributed by atoms with van der Waals surface area (Å²) in [7, 11) is -4.39. The molecular formula is C34H69NO6S. The average molecular weight is 620 g/mol. The molecule has 0 aliphatic carbocycles. The molecule has 7 nitrogen and oxygen atoms in total. The maximum absolute atomic E-state index is 12.5. The highest BCUT2D eigenvalue weighted by Crippen LogP contribution is 2.16. The third-order valence-electron chi connectivity index (χ3n) is 8.42. The molecule has 0 aliphatic rings. The summed E-state index contributed by atoms with van der Waals surface area (Å²) in [4.78, 5) is 12.5. The molecule has 0 rings (SSSR count). The van der Waals surface area contributed by atoms with Gasteiger partial charge in [-0.1, -0.05) is 174 Å². The molecule has 252 valence electrons. The van der Waals surface area contributed by atoms with Crippen molar-refractivity contribution in [1.29, 1.82) is 0 Å². The van der Waals surface area contributed by atoms with Gasteiger partial charge in [0.2, 0.25) is 5.91 Å². The quantitative estimate of drug-likeness (QED) is 0.0441. The first-order valence-corrected chi connectivity index (χ1v) is 19.4. The van der Waals surface area contributed by atoms with Gasteiger partial charge in [0.15, 0.2) is 0 Å². The van der Waals surface area contributed by atoms with E-state index in [-0.39, 0.29) is 0 Å². The lowest BCUT2D eigenvalue weighted by atomic mass is 10.0. The Hall–Kier alpha value is -0.700. The van der Waals surface area contributed by atoms with Crippen molar-refractivity contribution in [3.8, 4) is 0 Å². The van der Waals surface area contributed by atoms with Crippen LogP contribution in [0.4, 0.5) is 0 Å². The molecule has 4 N–H and O–H groups in total. The van der Waals surface area contributed by atoms with Crippen LogP contribution < -0.4 is 5.32 Å². The number of hydrogen-bond acceptors (Lipinski definition) is 5. The van der Waals surface area contributed by atoms with Crippen LogP contribution in [0.25, 0.3) is 0 Å². The van der Waals surface area contributed by atoms with Gasteiger partial charge in [-0.05, 0) is 12.8 Å². The molecule has 0 fully saturated rings. The van der Waals surface area contributed by atoms with Crippen LogP contribution in [0.2, 0.25) is 0 Å². The predicted molar refractivity (Wildman–Crippen MR) is 176 cm³/mol. The Morgan fingerprint density at radius 2 is 0.857 bits per heavy atom. The van der Waals surface area contributed by atoms with Gasteiger partial charge in [0, 0.05) is 0 Å². The molecule has 0 aromatic carbocycles. The van der Waals surface area contributed by atoms with Gasteiger partial charge < -0.3 is 15.5 Å². The maximum Gasteiger partial charge on any atom is 0.266 e. The highest BCUT2D eigenvalue weighted by molar-refractivity contribution is 7.85. The largest absolute Gasteiger partial charge is 0.391 e. The van der Waals surface area contributed by atoms with E-state index in [2.05, 4.69) is 19.2 Å². The number of carbonyl (C=O) groups is 1. The van der Waals surface area contributed by atoms with E-state index in [9.17, 15) is 28.0 Å². The Morgan fingerprint density at radius 1 is 0.548 bits per heavy atom. The number of aliphatic hydroxyl groups is 2. The zero-order valence-corrected chi connectivity index (χ0v) is 28.3. The van der Waals surface area contributed by atoms with Gasteiger partial charge in [-0.2, -0.15) is 8.42 Å². The second-order valence-corrected chi connectivity index (χ2v) is 14.2. The minimum Gasteiger partial charge on any atom is -0.391 e. The highest BCUT2D eigenvalue weighted by atomic mass is 32.2. The lowest BCUT2D eigenvalue weighted by Gasteiger charge is -2.24. The molecule has 0 aliphatic heterocycles. The summed E-state index contributed by atoms with van der Waals surface area (Å²) >= 11 is 0. The third kappa shape index (κ3) is 28.1. The number of aliphatic hydroxyl groups excluding tert-OH is 2. The average Bonchev–Trinajstić information content (AvgIpc) is 2.94. The second-order valence-electron chi connectivity index (χ2n) is 12.7. The summed E-state index contributed by atoms with van der Waals surface area (Å²) in [6, 6.07) is -1.14. The normalized spacial score (nSPS) is 14.1. The van der Waals surface area contributed by atoms with Gasteiger partial charge in [-0.3, -0.25) is 9.35 Å². The molecule has 0 saturated carbocycles. The fourth-order valence-electron chi connectivity index (χ4n) is 5.64. The molecule has 0 radical (unpaired) electrons. The minimum absolute atomic E-state index is 0.300. The van der Waals surface area contributed by atoms with Crippen LogP contribution >= 0.6 is 0 Å². The first-order chi connectivity index (χ1) is 20.2. The van der Waals surface area contributed by atoms with Crippen LogP contribution in [0, 0.1) is 0 Å². The Balaban J connectivity index is 3.99. The number of unbranched alkanes of at least 4 members (excludes halogenated alkanes) is 23. The third-order valence-corrected chi connectivity index (χ3v) is 9.20. The molecule has 0 aromatic rings. The molecule has 8 heteroatoms. The van der Waals surface area contributed by atoms with Gasteiger partial charge in [-0.15, -0.1) is 0 Å². The van der Waals surface area contributed by atoms with E-state index in [1.165, 1.54) is 109 Å². The van der Waals surface area contributed by atoms with Gasteiger partial charge >= 0.3 is 0 Å². The topological polar surface area (TPSA) is 124 Å². The molecule has 0 saturated heterocycles. The molecule has 0 spiro atoms. The lowest BCUT2D eigenvalue weighted by Crippen LogP contribution is -2.50. The molecular weight excluding hydrogens is 550 g/mol. The van der Waals surface area contributed by atoms with Gasteiger partial charge in [0.1, 0.15) is 6.10 Å². The van der Waals surface area contributed by atoms with Crippen molar-refractivity contribution >= 4 is 16.0 Å². The van der Waals surface area contributed by atoms with Crippen molar-refractivity contribution < 1.29 is 28.0 Å². The van der Waals surface area contributed by atoms with Crippen LogP contribution in [0.3, 0.4) is 0 Å². The number of rotatable bonds is 32. The van der Waals surface area contributed by atoms with Gasteiger partial charge in [0.05, 0.1) is 17.9 Å². The zero-order valence-electron chi connectivity index (χ0n) is 27.5. The van der Waals surface area contributed by atoms with Gasteiger partial charge in [-0.25, -0.2) is 0 Å². The van der Waals surface area contributed by atoms with Crippen molar-refractivity contribution in [2.24, 2.45) is 0 Å². The standard InChI is InChI=1S/C34H69NO6S/c1-3-5-7-9-11-13-14-15-16-17-18-19-20-21-23-24-26-28-32(36)31(30-42(39,40)41)35-34(38)33(37)29-27-25-22-12-10-8-6-4-2/h31-33,36-37H,3-30H2,1-2H3,(H,35,38)(H,39,40,41). The van der Waals surface area contributed by atoms with Gasteiger partial charge in [0.25, 0.3) is 10.1 Å². The van der Waals surface area contributed by atoms with Crippen molar-refractivity contribution in [2.75, 3.05) is 5.75 Å². The summed E-state index contributed by atoms with van der Waals surface area (Å²) in [6.07, 6.45) is 28.5. The summed E-state index contributed by atoms with van der Waals surface area (Å²) in [5.41, 5.74) is 0. The van der Waals surface area contributed by atoms with E-state index in [4.69, 9.17) is 0 Å². The van der Waals surface area contributed by atoms with E-state index >= 15 is 0 Å². The van der Waals surface area contributed by atoms with Crippen LogP contribution in [0.1, 0.15) is 187 Å². The first kappa shape index (κ1) is 41.3. The summed E-state index contributed by atoms with van der Waals surface area (Å²) < 4.78 is 32.3. The second kappa shape index (κ2) is 29.0. The molecule has 3 atom stereocenters. The maximum atomic E-state index is 12.5. The molecule has 3 unspecified atom stereocenters. The van der Waals surface area contributed by atoms with Crippen molar-refractivity contribution in [2.45, 2.75) is 205 Å². The Kier molecular flexibility index (Phi) is 28.6. The van der Waals surface area contributed by atoms with Crippen LogP contribution in [-0.2, 0) is 14.9 Å². The van der Waals surface area contributed by atoms with Crippen molar-refractivity contribution in [3.05, 3.63) is 0 Å². The predicted octanol–water partition coefficient (Wildman–Crippen LogP) is 8.65. The van der Waals surface area contributed by atoms with Crippen molar-refractivity contribution in [1.82, 2.24) is 5.32 Å². The number of carbonyl (C=O) groups excluding carboxylic acids is 1. The summed E-state index contributed by atoms with van der Waals surface area (Å²) in [5.74, 6) is -1.45. The molecule has 42 heavy (non-hydrogen) atoms. The number of nitrogens with one attached hydrogen (secondary N) is 1. The Bertz CT molecular complexity index is 702. The Labute approximate surface area is 260 Å². The smallest absolute Gasteiger partial charge is 0.266 e. The fourth-order valence-corrected chi connectivity index (χ4v) is 6.40. The van der Waals surface area contributed by atoms with Crippen molar-refractivity contribution in [3.63, 3.8) is 0 Å². The molecule has 0 aromatic heterocycles. The number of amides is 1. The summed E-state index contributed by atoms with van der Waals surface area (Å²) in [6.45, 7) is 4.45. The lowest BCUT2D eigenvalue weighted by molar-refractivity contribution is -0.131. The van der Waals surface area contributed by atoms with E-state index in [0.29, 0.717) is 19.3 Å². The van der Waals surface area contributed by atoms with E-state index in [1.54, 1.807) is 0 Å². The molecule has 0 bridgehead atoms. The SMILES string of the molecule is CCCCCCCCCCCCCCCCCCCC(O)C(CS(=O)(=O)O)NC(=O)C(O)CCCCCCCCCC. The molecule has 1 amide bonds.